The van der Waals surface area contributed by atoms with Crippen LogP contribution in [0.3, 0.4) is 0 Å². The van der Waals surface area contributed by atoms with E-state index in [-0.39, 0.29) is 0 Å². The van der Waals surface area contributed by atoms with Crippen LogP contribution in [0.15, 0.2) is 45.9 Å². The fourth-order valence-electron chi connectivity index (χ4n) is 2.49. The van der Waals surface area contributed by atoms with Crippen molar-refractivity contribution in [3.63, 3.8) is 0 Å². The van der Waals surface area contributed by atoms with Gasteiger partial charge in [-0.05, 0) is 43.7 Å². The average molecular weight is 327 g/mol. The van der Waals surface area contributed by atoms with E-state index in [2.05, 4.69) is 10.4 Å². The molecule has 124 valence electrons. The zero-order valence-electron chi connectivity index (χ0n) is 13.6. The Morgan fingerprint density at radius 3 is 2.50 bits per heavy atom. The third-order valence-electron chi connectivity index (χ3n) is 3.90. The van der Waals surface area contributed by atoms with Crippen molar-refractivity contribution in [2.24, 2.45) is 5.10 Å². The highest BCUT2D eigenvalue weighted by Gasteiger charge is 2.49. The summed E-state index contributed by atoms with van der Waals surface area (Å²) < 4.78 is 10.4. The third-order valence-corrected chi connectivity index (χ3v) is 3.90. The SMILES string of the molecule is COc1ccc(C2(C)NC(=O)N(/N=C/c3ccc(C)o3)C2=O)cc1. The van der Waals surface area contributed by atoms with E-state index in [0.717, 1.165) is 10.8 Å². The minimum absolute atomic E-state index is 0.461. The first-order valence-corrected chi connectivity index (χ1v) is 7.36. The predicted molar refractivity (Wildman–Crippen MR) is 86.8 cm³/mol. The predicted octanol–water partition coefficient (Wildman–Crippen LogP) is 2.40. The molecule has 1 fully saturated rings. The van der Waals surface area contributed by atoms with Crippen molar-refractivity contribution in [1.82, 2.24) is 10.3 Å². The molecule has 1 aromatic heterocycles. The maximum Gasteiger partial charge on any atom is 0.346 e. The number of hydrazone groups is 1. The Morgan fingerprint density at radius 1 is 1.21 bits per heavy atom. The number of carbonyl (C=O) groups is 2. The first-order chi connectivity index (χ1) is 11.4. The molecule has 2 aromatic rings. The number of hydrogen-bond acceptors (Lipinski definition) is 5. The Labute approximate surface area is 138 Å². The maximum atomic E-state index is 12.7. The van der Waals surface area contributed by atoms with Crippen molar-refractivity contribution >= 4 is 18.2 Å². The number of rotatable bonds is 4. The number of aryl methyl sites for hydroxylation is 1. The molecule has 1 unspecified atom stereocenters. The van der Waals surface area contributed by atoms with Crippen molar-refractivity contribution in [2.45, 2.75) is 19.4 Å². The summed E-state index contributed by atoms with van der Waals surface area (Å²) in [6.45, 7) is 3.44. The number of nitrogens with one attached hydrogen (secondary N) is 1. The molecular formula is C17H17N3O4. The van der Waals surface area contributed by atoms with Crippen molar-refractivity contribution < 1.29 is 18.7 Å². The number of urea groups is 1. The molecule has 2 heterocycles. The summed E-state index contributed by atoms with van der Waals surface area (Å²) in [5, 5.41) is 7.44. The lowest BCUT2D eigenvalue weighted by atomic mass is 9.92. The number of ether oxygens (including phenoxy) is 1. The Hall–Kier alpha value is -3.09. The first kappa shape index (κ1) is 15.8. The van der Waals surface area contributed by atoms with E-state index < -0.39 is 17.5 Å². The van der Waals surface area contributed by atoms with E-state index >= 15 is 0 Å². The van der Waals surface area contributed by atoms with Crippen molar-refractivity contribution in [3.05, 3.63) is 53.5 Å². The van der Waals surface area contributed by atoms with Gasteiger partial charge in [-0.1, -0.05) is 12.1 Å². The van der Waals surface area contributed by atoms with Crippen molar-refractivity contribution in [2.75, 3.05) is 7.11 Å². The molecule has 1 aliphatic rings. The lowest BCUT2D eigenvalue weighted by Crippen LogP contribution is -2.40. The second-order valence-electron chi connectivity index (χ2n) is 5.59. The number of furan rings is 1. The molecule has 0 aliphatic carbocycles. The molecule has 7 heteroatoms. The molecule has 0 radical (unpaired) electrons. The Kier molecular flexibility index (Phi) is 3.84. The summed E-state index contributed by atoms with van der Waals surface area (Å²) in [5.74, 6) is 1.39. The number of nitrogens with zero attached hydrogens (tertiary/aromatic N) is 2. The molecule has 1 aromatic carbocycles. The van der Waals surface area contributed by atoms with E-state index in [1.54, 1.807) is 57.4 Å². The maximum absolute atomic E-state index is 12.7. The fraction of sp³-hybridized carbons (Fsp3) is 0.235. The van der Waals surface area contributed by atoms with Gasteiger partial charge in [-0.2, -0.15) is 5.10 Å². The van der Waals surface area contributed by atoms with Gasteiger partial charge in [0.15, 0.2) is 0 Å². The number of amides is 3. The summed E-state index contributed by atoms with van der Waals surface area (Å²) in [4.78, 5) is 24.8. The minimum atomic E-state index is -1.18. The van der Waals surface area contributed by atoms with Gasteiger partial charge in [-0.3, -0.25) is 4.79 Å². The smallest absolute Gasteiger partial charge is 0.346 e. The quantitative estimate of drug-likeness (QED) is 0.690. The number of hydrogen-bond donors (Lipinski definition) is 1. The molecule has 1 aliphatic heterocycles. The van der Waals surface area contributed by atoms with E-state index in [1.165, 1.54) is 6.21 Å². The molecule has 3 amide bonds. The van der Waals surface area contributed by atoms with Crippen LogP contribution in [0.4, 0.5) is 4.79 Å². The fourth-order valence-corrected chi connectivity index (χ4v) is 2.49. The third kappa shape index (κ3) is 2.64. The molecule has 0 spiro atoms. The van der Waals surface area contributed by atoms with Gasteiger partial charge in [0.05, 0.1) is 13.3 Å². The number of imide groups is 1. The lowest BCUT2D eigenvalue weighted by molar-refractivity contribution is -0.131. The van der Waals surface area contributed by atoms with Crippen LogP contribution < -0.4 is 10.1 Å². The second kappa shape index (κ2) is 5.84. The molecule has 1 atom stereocenters. The van der Waals surface area contributed by atoms with E-state index in [1.807, 2.05) is 0 Å². The van der Waals surface area contributed by atoms with Crippen LogP contribution in [0.25, 0.3) is 0 Å². The number of carbonyl (C=O) groups excluding carboxylic acids is 2. The largest absolute Gasteiger partial charge is 0.497 e. The second-order valence-corrected chi connectivity index (χ2v) is 5.59. The standard InChI is InChI=1S/C17H17N3O4/c1-11-4-7-14(24-11)10-18-20-15(21)17(2,19-16(20)22)12-5-8-13(23-3)9-6-12/h4-10H,1-3H3,(H,19,22)/b18-10+. The summed E-state index contributed by atoms with van der Waals surface area (Å²) in [5.41, 5.74) is -0.534. The molecule has 1 N–H and O–H groups in total. The van der Waals surface area contributed by atoms with Gasteiger partial charge < -0.3 is 14.5 Å². The Morgan fingerprint density at radius 2 is 1.92 bits per heavy atom. The highest BCUT2D eigenvalue weighted by molar-refractivity contribution is 6.07. The highest BCUT2D eigenvalue weighted by atomic mass is 16.5. The zero-order valence-corrected chi connectivity index (χ0v) is 13.6. The molecule has 7 nitrogen and oxygen atoms in total. The minimum Gasteiger partial charge on any atom is -0.497 e. The van der Waals surface area contributed by atoms with E-state index in [0.29, 0.717) is 17.1 Å². The van der Waals surface area contributed by atoms with Gasteiger partial charge in [0.25, 0.3) is 5.91 Å². The van der Waals surface area contributed by atoms with Crippen LogP contribution >= 0.6 is 0 Å². The lowest BCUT2D eigenvalue weighted by Gasteiger charge is -2.21. The van der Waals surface area contributed by atoms with Gasteiger partial charge in [-0.15, -0.1) is 5.01 Å². The topological polar surface area (TPSA) is 84.1 Å². The normalized spacial score (nSPS) is 20.7. The number of benzene rings is 1. The summed E-state index contributed by atoms with van der Waals surface area (Å²) >= 11 is 0. The van der Waals surface area contributed by atoms with Crippen LogP contribution in [0.5, 0.6) is 5.75 Å². The summed E-state index contributed by atoms with van der Waals surface area (Å²) in [7, 11) is 1.56. The summed E-state index contributed by atoms with van der Waals surface area (Å²) in [6.07, 6.45) is 1.34. The highest BCUT2D eigenvalue weighted by Crippen LogP contribution is 2.30. The van der Waals surface area contributed by atoms with E-state index in [4.69, 9.17) is 9.15 Å². The van der Waals surface area contributed by atoms with Gasteiger partial charge in [-0.25, -0.2) is 4.79 Å². The van der Waals surface area contributed by atoms with E-state index in [9.17, 15) is 9.59 Å². The Bertz CT molecular complexity index is 809. The van der Waals surface area contributed by atoms with Crippen molar-refractivity contribution in [3.8, 4) is 5.75 Å². The van der Waals surface area contributed by atoms with Crippen molar-refractivity contribution in [1.29, 1.82) is 0 Å². The average Bonchev–Trinajstić information content (AvgIpc) is 3.08. The monoisotopic (exact) mass is 327 g/mol. The van der Waals surface area contributed by atoms with Crippen LogP contribution in [-0.4, -0.2) is 30.3 Å². The van der Waals surface area contributed by atoms with Gasteiger partial charge in [0.2, 0.25) is 0 Å². The molecule has 1 saturated heterocycles. The number of methoxy groups -OCH3 is 1. The molecule has 3 rings (SSSR count). The van der Waals surface area contributed by atoms with Gasteiger partial charge in [0.1, 0.15) is 22.8 Å². The summed E-state index contributed by atoms with van der Waals surface area (Å²) in [6, 6.07) is 9.84. The Balaban J connectivity index is 1.85. The van der Waals surface area contributed by atoms with Crippen LogP contribution in [-0.2, 0) is 10.3 Å². The van der Waals surface area contributed by atoms with Gasteiger partial charge in [0, 0.05) is 0 Å². The molecule has 24 heavy (non-hydrogen) atoms. The van der Waals surface area contributed by atoms with Crippen LogP contribution in [0.1, 0.15) is 24.0 Å². The van der Waals surface area contributed by atoms with Crippen LogP contribution in [0.2, 0.25) is 0 Å². The van der Waals surface area contributed by atoms with Crippen LogP contribution in [0, 0.1) is 6.92 Å². The molecular weight excluding hydrogens is 310 g/mol. The zero-order chi connectivity index (χ0) is 17.3. The molecule has 0 bridgehead atoms. The molecule has 0 saturated carbocycles. The first-order valence-electron chi connectivity index (χ1n) is 7.36. The van der Waals surface area contributed by atoms with Gasteiger partial charge >= 0.3 is 6.03 Å².